The van der Waals surface area contributed by atoms with Gasteiger partial charge in [0.05, 0.1) is 23.1 Å². The van der Waals surface area contributed by atoms with Gasteiger partial charge < -0.3 is 9.80 Å². The van der Waals surface area contributed by atoms with E-state index in [0.29, 0.717) is 10.6 Å². The van der Waals surface area contributed by atoms with Gasteiger partial charge in [0.1, 0.15) is 0 Å². The predicted octanol–water partition coefficient (Wildman–Crippen LogP) is 3.25. The number of likely N-dealkylation sites (tertiary alicyclic amines) is 1. The van der Waals surface area contributed by atoms with Crippen molar-refractivity contribution in [1.82, 2.24) is 19.6 Å². The van der Waals surface area contributed by atoms with Crippen LogP contribution in [-0.4, -0.2) is 58.7 Å². The molecule has 134 valence electrons. The van der Waals surface area contributed by atoms with E-state index in [2.05, 4.69) is 24.0 Å². The second-order valence-corrected chi connectivity index (χ2v) is 7.20. The number of benzene rings is 1. The van der Waals surface area contributed by atoms with Gasteiger partial charge in [0.15, 0.2) is 0 Å². The number of hydrogen-bond acceptors (Lipinski definition) is 3. The number of likely N-dealkylation sites (N-methyl/N-ethyl adjacent to an activating group) is 2. The fourth-order valence-corrected chi connectivity index (χ4v) is 3.54. The summed E-state index contributed by atoms with van der Waals surface area (Å²) in [5.74, 6) is 0.0592. The molecule has 0 radical (unpaired) electrons. The average molecular weight is 361 g/mol. The summed E-state index contributed by atoms with van der Waals surface area (Å²) in [4.78, 5) is 17.2. The first kappa shape index (κ1) is 18.0. The number of halogens is 1. The fourth-order valence-electron chi connectivity index (χ4n) is 3.42. The average Bonchev–Trinajstić information content (AvgIpc) is 3.21. The van der Waals surface area contributed by atoms with Crippen molar-refractivity contribution >= 4 is 17.5 Å². The highest BCUT2D eigenvalue weighted by molar-refractivity contribution is 6.30. The molecule has 0 saturated carbocycles. The lowest BCUT2D eigenvalue weighted by Gasteiger charge is -2.24. The van der Waals surface area contributed by atoms with E-state index >= 15 is 0 Å². The Bertz CT molecular complexity index is 740. The molecule has 1 atom stereocenters. The third-order valence-electron chi connectivity index (χ3n) is 4.89. The van der Waals surface area contributed by atoms with E-state index in [4.69, 9.17) is 11.6 Å². The van der Waals surface area contributed by atoms with Gasteiger partial charge in [-0.15, -0.1) is 0 Å². The molecule has 1 aliphatic rings. The molecule has 2 aromatic rings. The summed E-state index contributed by atoms with van der Waals surface area (Å²) in [6, 6.07) is 7.81. The zero-order chi connectivity index (χ0) is 18.0. The highest BCUT2D eigenvalue weighted by atomic mass is 35.5. The summed E-state index contributed by atoms with van der Waals surface area (Å²) in [5.41, 5.74) is 2.59. The van der Waals surface area contributed by atoms with E-state index in [1.165, 1.54) is 0 Å². The van der Waals surface area contributed by atoms with Gasteiger partial charge in [0.2, 0.25) is 0 Å². The van der Waals surface area contributed by atoms with Crippen LogP contribution in [0.1, 0.15) is 35.8 Å². The third kappa shape index (κ3) is 3.72. The van der Waals surface area contributed by atoms with Crippen LogP contribution >= 0.6 is 11.6 Å². The van der Waals surface area contributed by atoms with Crippen molar-refractivity contribution in [3.05, 3.63) is 46.7 Å². The normalized spacial score (nSPS) is 17.8. The zero-order valence-electron chi connectivity index (χ0n) is 15.1. The number of rotatable bonds is 5. The van der Waals surface area contributed by atoms with E-state index in [1.807, 2.05) is 40.9 Å². The smallest absolute Gasteiger partial charge is 0.257 e. The molecule has 1 amide bonds. The van der Waals surface area contributed by atoms with Crippen molar-refractivity contribution in [1.29, 1.82) is 0 Å². The van der Waals surface area contributed by atoms with Crippen molar-refractivity contribution in [3.63, 3.8) is 0 Å². The highest BCUT2D eigenvalue weighted by Crippen LogP contribution is 2.22. The molecule has 1 aromatic heterocycles. The van der Waals surface area contributed by atoms with Gasteiger partial charge in [-0.2, -0.15) is 5.10 Å². The SMILES string of the molecule is CCCc1c(C(=O)N(C)C2CCN(C)C2)cnn1-c1ccc(Cl)cc1. The van der Waals surface area contributed by atoms with E-state index in [1.54, 1.807) is 6.20 Å². The maximum Gasteiger partial charge on any atom is 0.257 e. The first-order valence-electron chi connectivity index (χ1n) is 8.79. The van der Waals surface area contributed by atoms with Crippen molar-refractivity contribution < 1.29 is 4.79 Å². The van der Waals surface area contributed by atoms with Gasteiger partial charge in [0, 0.05) is 24.7 Å². The molecule has 1 fully saturated rings. The maximum absolute atomic E-state index is 13.1. The molecular weight excluding hydrogens is 336 g/mol. The van der Waals surface area contributed by atoms with E-state index < -0.39 is 0 Å². The molecule has 2 heterocycles. The number of aromatic nitrogens is 2. The molecule has 1 aromatic carbocycles. The van der Waals surface area contributed by atoms with Crippen LogP contribution < -0.4 is 0 Å². The minimum Gasteiger partial charge on any atom is -0.337 e. The van der Waals surface area contributed by atoms with Gasteiger partial charge in [0.25, 0.3) is 5.91 Å². The molecule has 3 rings (SSSR count). The minimum absolute atomic E-state index is 0.0592. The predicted molar refractivity (Wildman–Crippen MR) is 101 cm³/mol. The van der Waals surface area contributed by atoms with Crippen molar-refractivity contribution in [2.75, 3.05) is 27.2 Å². The van der Waals surface area contributed by atoms with Gasteiger partial charge in [-0.1, -0.05) is 24.9 Å². The Kier molecular flexibility index (Phi) is 5.45. The van der Waals surface area contributed by atoms with Gasteiger partial charge in [-0.05, 0) is 50.7 Å². The molecule has 0 aliphatic carbocycles. The number of nitrogens with zero attached hydrogens (tertiary/aromatic N) is 4. The second-order valence-electron chi connectivity index (χ2n) is 6.76. The lowest BCUT2D eigenvalue weighted by atomic mass is 10.1. The Hall–Kier alpha value is -1.85. The minimum atomic E-state index is 0.0592. The monoisotopic (exact) mass is 360 g/mol. The molecule has 6 heteroatoms. The van der Waals surface area contributed by atoms with E-state index in [9.17, 15) is 4.79 Å². The lowest BCUT2D eigenvalue weighted by Crippen LogP contribution is -2.38. The molecule has 1 saturated heterocycles. The molecule has 0 spiro atoms. The quantitative estimate of drug-likeness (QED) is 0.821. The number of carbonyl (C=O) groups excluding carboxylic acids is 1. The Morgan fingerprint density at radius 3 is 2.68 bits per heavy atom. The van der Waals surface area contributed by atoms with Crippen LogP contribution in [-0.2, 0) is 6.42 Å². The van der Waals surface area contributed by atoms with Crippen molar-refractivity contribution in [2.24, 2.45) is 0 Å². The molecular formula is C19H25ClN4O. The highest BCUT2D eigenvalue weighted by Gasteiger charge is 2.29. The van der Waals surface area contributed by atoms with Gasteiger partial charge in [-0.3, -0.25) is 4.79 Å². The lowest BCUT2D eigenvalue weighted by molar-refractivity contribution is 0.0736. The Morgan fingerprint density at radius 1 is 1.36 bits per heavy atom. The van der Waals surface area contributed by atoms with Crippen LogP contribution in [0.25, 0.3) is 5.69 Å². The Balaban J connectivity index is 1.90. The van der Waals surface area contributed by atoms with Crippen LogP contribution in [0.15, 0.2) is 30.5 Å². The molecule has 0 N–H and O–H groups in total. The molecule has 0 bridgehead atoms. The Labute approximate surface area is 154 Å². The van der Waals surface area contributed by atoms with Crippen LogP contribution in [0, 0.1) is 0 Å². The third-order valence-corrected chi connectivity index (χ3v) is 5.14. The first-order chi connectivity index (χ1) is 12.0. The fraction of sp³-hybridized carbons (Fsp3) is 0.474. The summed E-state index contributed by atoms with van der Waals surface area (Å²) in [6.07, 6.45) is 4.49. The molecule has 25 heavy (non-hydrogen) atoms. The zero-order valence-corrected chi connectivity index (χ0v) is 15.8. The number of amides is 1. The molecule has 5 nitrogen and oxygen atoms in total. The summed E-state index contributed by atoms with van der Waals surface area (Å²) in [6.45, 7) is 4.08. The van der Waals surface area contributed by atoms with Crippen LogP contribution in [0.5, 0.6) is 0 Å². The summed E-state index contributed by atoms with van der Waals surface area (Å²) in [5, 5.41) is 5.18. The number of carbonyl (C=O) groups is 1. The topological polar surface area (TPSA) is 41.4 Å². The van der Waals surface area contributed by atoms with E-state index in [-0.39, 0.29) is 11.9 Å². The molecule has 1 unspecified atom stereocenters. The summed E-state index contributed by atoms with van der Waals surface area (Å²) < 4.78 is 1.86. The maximum atomic E-state index is 13.1. The van der Waals surface area contributed by atoms with Crippen LogP contribution in [0.2, 0.25) is 5.02 Å². The largest absolute Gasteiger partial charge is 0.337 e. The van der Waals surface area contributed by atoms with Crippen molar-refractivity contribution in [3.8, 4) is 5.69 Å². The standard InChI is InChI=1S/C19H25ClN4O/c1-4-5-18-17(19(25)23(3)16-10-11-22(2)13-16)12-21-24(18)15-8-6-14(20)7-9-15/h6-9,12,16H,4-5,10-11,13H2,1-3H3. The van der Waals surface area contributed by atoms with Crippen LogP contribution in [0.3, 0.4) is 0 Å². The van der Waals surface area contributed by atoms with E-state index in [0.717, 1.165) is 43.7 Å². The second kappa shape index (κ2) is 7.58. The van der Waals surface area contributed by atoms with Crippen molar-refractivity contribution in [2.45, 2.75) is 32.2 Å². The number of hydrogen-bond donors (Lipinski definition) is 0. The van der Waals surface area contributed by atoms with Gasteiger partial charge in [-0.25, -0.2) is 4.68 Å². The van der Waals surface area contributed by atoms with Crippen LogP contribution in [0.4, 0.5) is 0 Å². The first-order valence-corrected chi connectivity index (χ1v) is 9.17. The van der Waals surface area contributed by atoms with Gasteiger partial charge >= 0.3 is 0 Å². The summed E-state index contributed by atoms with van der Waals surface area (Å²) >= 11 is 5.99. The summed E-state index contributed by atoms with van der Waals surface area (Å²) in [7, 11) is 4.00. The Morgan fingerprint density at radius 2 is 2.08 bits per heavy atom. The molecule has 1 aliphatic heterocycles.